The third kappa shape index (κ3) is 12.4. The number of aromatic hydroxyl groups is 1. The van der Waals surface area contributed by atoms with Crippen molar-refractivity contribution >= 4 is 12.2 Å². The summed E-state index contributed by atoms with van der Waals surface area (Å²) in [4.78, 5) is 71.4. The number of aromatic amines is 3. The maximum absolute atomic E-state index is 12.1. The van der Waals surface area contributed by atoms with Crippen molar-refractivity contribution in [1.29, 1.82) is 0 Å². The Balaban J connectivity index is 0.000000187. The van der Waals surface area contributed by atoms with Gasteiger partial charge < -0.3 is 54.1 Å². The van der Waals surface area contributed by atoms with Crippen molar-refractivity contribution in [3.05, 3.63) is 82.8 Å². The van der Waals surface area contributed by atoms with Gasteiger partial charge in [-0.15, -0.1) is 0 Å². The SMILES string of the molecule is CC(C)(C)OC(=O)N1CCc2[nH]c(=O)cc(O)c2CC1.COc1cc(=O)c2c([nH]1)CCN(C(=O)OC(C)(C)C)CC2.COc1cc(=O)c2c([nH]1)CCNCC2. The minimum absolute atomic E-state index is 0.00483. The van der Waals surface area contributed by atoms with Crippen LogP contribution >= 0.6 is 0 Å². The number of H-pyrrole nitrogens is 3. The molecule has 16 heteroatoms. The molecule has 55 heavy (non-hydrogen) atoms. The zero-order valence-electron chi connectivity index (χ0n) is 33.2. The molecule has 5 N–H and O–H groups in total. The van der Waals surface area contributed by atoms with Crippen LogP contribution in [0.1, 0.15) is 75.3 Å². The molecule has 0 aliphatic carbocycles. The van der Waals surface area contributed by atoms with E-state index in [9.17, 15) is 29.1 Å². The maximum atomic E-state index is 12.1. The second kappa shape index (κ2) is 18.4. The summed E-state index contributed by atoms with van der Waals surface area (Å²) in [6.07, 6.45) is 3.06. The highest BCUT2D eigenvalue weighted by atomic mass is 16.6. The molecule has 3 aliphatic heterocycles. The van der Waals surface area contributed by atoms with Crippen molar-refractivity contribution in [3.8, 4) is 17.5 Å². The summed E-state index contributed by atoms with van der Waals surface area (Å²) in [6, 6.07) is 4.13. The van der Waals surface area contributed by atoms with E-state index in [1.54, 1.807) is 16.9 Å². The van der Waals surface area contributed by atoms with Gasteiger partial charge in [0, 0.05) is 104 Å². The lowest BCUT2D eigenvalue weighted by atomic mass is 10.1. The van der Waals surface area contributed by atoms with Gasteiger partial charge in [0.25, 0.3) is 5.56 Å². The topological polar surface area (TPSA) is 208 Å². The summed E-state index contributed by atoms with van der Waals surface area (Å²) < 4.78 is 20.8. The summed E-state index contributed by atoms with van der Waals surface area (Å²) >= 11 is 0. The van der Waals surface area contributed by atoms with Crippen LogP contribution in [0.15, 0.2) is 32.6 Å². The average Bonchev–Trinajstić information content (AvgIpc) is 3.57. The molecule has 3 aromatic rings. The number of pyridine rings is 3. The predicted molar refractivity (Wildman–Crippen MR) is 207 cm³/mol. The first-order chi connectivity index (χ1) is 25.9. The Labute approximate surface area is 320 Å². The summed E-state index contributed by atoms with van der Waals surface area (Å²) in [5, 5.41) is 13.1. The first-order valence-corrected chi connectivity index (χ1v) is 18.6. The number of ether oxygens (including phenoxy) is 4. The lowest BCUT2D eigenvalue weighted by molar-refractivity contribution is 0.0247. The van der Waals surface area contributed by atoms with E-state index < -0.39 is 11.2 Å². The van der Waals surface area contributed by atoms with E-state index in [0.717, 1.165) is 48.4 Å². The Bertz CT molecular complexity index is 1990. The molecule has 0 aromatic carbocycles. The van der Waals surface area contributed by atoms with E-state index in [2.05, 4.69) is 20.3 Å². The van der Waals surface area contributed by atoms with Crippen LogP contribution in [0.2, 0.25) is 0 Å². The molecule has 16 nitrogen and oxygen atoms in total. The Morgan fingerprint density at radius 2 is 1.02 bits per heavy atom. The minimum atomic E-state index is -0.535. The molecule has 3 aliphatic rings. The number of carbonyl (C=O) groups excluding carboxylic acids is 2. The largest absolute Gasteiger partial charge is 0.507 e. The minimum Gasteiger partial charge on any atom is -0.507 e. The predicted octanol–water partition coefficient (Wildman–Crippen LogP) is 3.21. The van der Waals surface area contributed by atoms with Gasteiger partial charge >= 0.3 is 12.2 Å². The van der Waals surface area contributed by atoms with E-state index in [1.165, 1.54) is 25.3 Å². The normalized spacial score (nSPS) is 15.4. The van der Waals surface area contributed by atoms with Crippen molar-refractivity contribution in [2.24, 2.45) is 0 Å². The van der Waals surface area contributed by atoms with Gasteiger partial charge in [-0.1, -0.05) is 0 Å². The van der Waals surface area contributed by atoms with Crippen LogP contribution in [0.25, 0.3) is 0 Å². The number of rotatable bonds is 2. The van der Waals surface area contributed by atoms with E-state index in [4.69, 9.17) is 18.9 Å². The van der Waals surface area contributed by atoms with Gasteiger partial charge in [0.05, 0.1) is 14.2 Å². The molecule has 0 saturated carbocycles. The number of aromatic nitrogens is 3. The van der Waals surface area contributed by atoms with Crippen LogP contribution < -0.4 is 31.2 Å². The third-order valence-electron chi connectivity index (χ3n) is 8.98. The third-order valence-corrected chi connectivity index (χ3v) is 8.98. The molecule has 0 fully saturated rings. The van der Waals surface area contributed by atoms with Crippen molar-refractivity contribution in [2.45, 2.75) is 91.3 Å². The van der Waals surface area contributed by atoms with E-state index in [-0.39, 0.29) is 34.4 Å². The second-order valence-corrected chi connectivity index (χ2v) is 15.5. The fourth-order valence-corrected chi connectivity index (χ4v) is 6.32. The van der Waals surface area contributed by atoms with Crippen LogP contribution in [0.4, 0.5) is 9.59 Å². The van der Waals surface area contributed by atoms with E-state index in [1.807, 2.05) is 41.5 Å². The number of hydrogen-bond donors (Lipinski definition) is 5. The number of nitrogens with one attached hydrogen (secondary N) is 4. The molecule has 0 spiro atoms. The molecule has 0 atom stereocenters. The summed E-state index contributed by atoms with van der Waals surface area (Å²) in [5.41, 5.74) is 3.53. The number of hydrogen-bond acceptors (Lipinski definition) is 11. The average molecular weight is 769 g/mol. The molecule has 6 rings (SSSR count). The van der Waals surface area contributed by atoms with Crippen molar-refractivity contribution in [1.82, 2.24) is 30.1 Å². The molecule has 6 heterocycles. The summed E-state index contributed by atoms with van der Waals surface area (Å²) in [6.45, 7) is 14.7. The number of nitrogens with zero attached hydrogens (tertiary/aromatic N) is 2. The van der Waals surface area contributed by atoms with Crippen LogP contribution in [-0.4, -0.2) is 107 Å². The van der Waals surface area contributed by atoms with Crippen LogP contribution in [0.5, 0.6) is 17.5 Å². The molecule has 0 unspecified atom stereocenters. The quantitative estimate of drug-likeness (QED) is 0.256. The van der Waals surface area contributed by atoms with Gasteiger partial charge in [-0.2, -0.15) is 0 Å². The Morgan fingerprint density at radius 1 is 0.600 bits per heavy atom. The number of amides is 2. The Hall–Kier alpha value is -5.25. The molecule has 0 bridgehead atoms. The van der Waals surface area contributed by atoms with Gasteiger partial charge in [0.15, 0.2) is 22.6 Å². The summed E-state index contributed by atoms with van der Waals surface area (Å²) in [7, 11) is 3.08. The van der Waals surface area contributed by atoms with Crippen molar-refractivity contribution in [2.75, 3.05) is 53.5 Å². The molecule has 2 amide bonds. The molecular weight excluding hydrogens is 712 g/mol. The number of methoxy groups -OCH3 is 2. The van der Waals surface area contributed by atoms with Gasteiger partial charge in [-0.3, -0.25) is 14.4 Å². The highest BCUT2D eigenvalue weighted by Gasteiger charge is 2.27. The van der Waals surface area contributed by atoms with Crippen LogP contribution in [0, 0.1) is 0 Å². The van der Waals surface area contributed by atoms with Gasteiger partial charge in [-0.05, 0) is 67.3 Å². The molecule has 3 aromatic heterocycles. The Kier molecular flexibility index (Phi) is 14.2. The maximum Gasteiger partial charge on any atom is 0.410 e. The van der Waals surface area contributed by atoms with Gasteiger partial charge in [0.1, 0.15) is 17.0 Å². The number of fused-ring (bicyclic) bond motifs is 3. The molecular formula is C39H56N6O10. The fourth-order valence-electron chi connectivity index (χ4n) is 6.32. The van der Waals surface area contributed by atoms with E-state index >= 15 is 0 Å². The van der Waals surface area contributed by atoms with Crippen LogP contribution in [-0.2, 0) is 48.0 Å². The standard InChI is InChI=1S/C15H22N2O4.C14H20N2O4.C10H14N2O2/c1-15(2,3)21-14(19)17-7-5-10-11(6-8-17)16-13(20-4)9-12(10)18;1-14(2,3)20-13(19)16-6-4-9-10(5-7-16)15-12(18)8-11(9)17;1-14-10-6-9(13)7-2-4-11-5-3-8(7)12-10/h9H,5-8H2,1-4H3,(H,16,18);8H,4-7H2,1-3H3,(H2,15,17,18);6,11H,2-5H2,1H3,(H,12,13). The number of carbonyl (C=O) groups is 2. The van der Waals surface area contributed by atoms with Crippen molar-refractivity contribution in [3.63, 3.8) is 0 Å². The monoisotopic (exact) mass is 768 g/mol. The fraction of sp³-hybridized carbons (Fsp3) is 0.564. The summed E-state index contributed by atoms with van der Waals surface area (Å²) in [5.74, 6) is 0.995. The van der Waals surface area contributed by atoms with Gasteiger partial charge in [0.2, 0.25) is 0 Å². The first kappa shape index (κ1) is 42.5. The Morgan fingerprint density at radius 3 is 1.51 bits per heavy atom. The highest BCUT2D eigenvalue weighted by Crippen LogP contribution is 2.23. The van der Waals surface area contributed by atoms with Crippen molar-refractivity contribution < 1.29 is 33.6 Å². The zero-order valence-corrected chi connectivity index (χ0v) is 33.2. The first-order valence-electron chi connectivity index (χ1n) is 18.6. The lowest BCUT2D eigenvalue weighted by Gasteiger charge is -2.26. The van der Waals surface area contributed by atoms with E-state index in [0.29, 0.717) is 74.9 Å². The lowest BCUT2D eigenvalue weighted by Crippen LogP contribution is -2.38. The second-order valence-electron chi connectivity index (χ2n) is 15.5. The molecule has 0 radical (unpaired) electrons. The smallest absolute Gasteiger partial charge is 0.410 e. The molecule has 0 saturated heterocycles. The molecule has 302 valence electrons. The van der Waals surface area contributed by atoms with Crippen LogP contribution in [0.3, 0.4) is 0 Å². The zero-order chi connectivity index (χ0) is 40.5. The highest BCUT2D eigenvalue weighted by molar-refractivity contribution is 5.69. The van der Waals surface area contributed by atoms with Gasteiger partial charge in [-0.25, -0.2) is 9.59 Å².